The number of hydrogen-bond acceptors (Lipinski definition) is 0. The van der Waals surface area contributed by atoms with E-state index < -0.39 is 0 Å². The lowest BCUT2D eigenvalue weighted by Gasteiger charge is -2.36. The van der Waals surface area contributed by atoms with Crippen molar-refractivity contribution in [2.24, 2.45) is 11.8 Å². The molecule has 34 heavy (non-hydrogen) atoms. The molecule has 0 aliphatic heterocycles. The van der Waals surface area contributed by atoms with Gasteiger partial charge in [0, 0.05) is 5.92 Å². The lowest BCUT2D eigenvalue weighted by molar-refractivity contribution is 0.550. The van der Waals surface area contributed by atoms with Gasteiger partial charge in [0.25, 0.3) is 0 Å². The van der Waals surface area contributed by atoms with E-state index in [1.807, 2.05) is 0 Å². The number of aryl methyl sites for hydroxylation is 1. The van der Waals surface area contributed by atoms with E-state index in [9.17, 15) is 0 Å². The van der Waals surface area contributed by atoms with Crippen LogP contribution in [0.2, 0.25) is 0 Å². The van der Waals surface area contributed by atoms with E-state index in [4.69, 9.17) is 6.58 Å². The highest BCUT2D eigenvalue weighted by Gasteiger charge is 2.31. The number of halogens is 1. The molecule has 3 unspecified atom stereocenters. The quantitative estimate of drug-likeness (QED) is 0.218. The van der Waals surface area contributed by atoms with Crippen molar-refractivity contribution < 1.29 is 0 Å². The highest BCUT2D eigenvalue weighted by atomic mass is 127. The maximum atomic E-state index is 4.69. The van der Waals surface area contributed by atoms with Crippen molar-refractivity contribution in [1.29, 1.82) is 0 Å². The predicted molar refractivity (Wildman–Crippen MR) is 158 cm³/mol. The summed E-state index contributed by atoms with van der Waals surface area (Å²) in [4.78, 5) is 0. The molecule has 0 N–H and O–H groups in total. The molecule has 180 valence electrons. The van der Waals surface area contributed by atoms with Gasteiger partial charge < -0.3 is 0 Å². The first-order valence-electron chi connectivity index (χ1n) is 13.2. The Kier molecular flexibility index (Phi) is 8.91. The molecule has 3 aliphatic carbocycles. The molecule has 0 saturated heterocycles. The molecule has 1 aromatic rings. The third kappa shape index (κ3) is 6.14. The maximum absolute atomic E-state index is 4.69. The second kappa shape index (κ2) is 11.9. The number of benzene rings is 1. The highest BCUT2D eigenvalue weighted by Crippen LogP contribution is 2.47. The maximum Gasteiger partial charge on any atom is 0.00907 e. The molecule has 1 aromatic carbocycles. The fourth-order valence-corrected chi connectivity index (χ4v) is 6.55. The summed E-state index contributed by atoms with van der Waals surface area (Å²) in [5, 5.41) is 0. The molecule has 3 aliphatic rings. The van der Waals surface area contributed by atoms with Crippen LogP contribution in [-0.4, -0.2) is 4.43 Å². The zero-order chi connectivity index (χ0) is 24.1. The minimum Gasteiger partial charge on any atom is -0.0955 e. The lowest BCUT2D eigenvalue weighted by Crippen LogP contribution is -2.20. The van der Waals surface area contributed by atoms with Crippen LogP contribution in [0.3, 0.4) is 0 Å². The highest BCUT2D eigenvalue weighted by molar-refractivity contribution is 14.1. The van der Waals surface area contributed by atoms with Gasteiger partial charge in [0.15, 0.2) is 0 Å². The summed E-state index contributed by atoms with van der Waals surface area (Å²) in [6, 6.07) is 9.11. The SMILES string of the molecule is C=C1CC(c2cccc(C)c2)CC(C)=C1C(CC1=CC=CCC1C)C1=CC=C(CCCI)CC1. The summed E-state index contributed by atoms with van der Waals surface area (Å²) in [6.45, 7) is 11.7. The Hall–Kier alpha value is -1.61. The summed E-state index contributed by atoms with van der Waals surface area (Å²) >= 11 is 2.50. The van der Waals surface area contributed by atoms with Crippen LogP contribution in [0.25, 0.3) is 0 Å². The lowest BCUT2D eigenvalue weighted by atomic mass is 9.69. The molecule has 0 fully saturated rings. The molecule has 4 rings (SSSR count). The summed E-state index contributed by atoms with van der Waals surface area (Å²) in [6.07, 6.45) is 21.5. The second-order valence-corrected chi connectivity index (χ2v) is 11.8. The van der Waals surface area contributed by atoms with E-state index in [1.165, 1.54) is 53.2 Å². The van der Waals surface area contributed by atoms with Crippen molar-refractivity contribution in [2.45, 2.75) is 78.1 Å². The Balaban J connectivity index is 1.65. The van der Waals surface area contributed by atoms with Gasteiger partial charge in [-0.3, -0.25) is 0 Å². The summed E-state index contributed by atoms with van der Waals surface area (Å²) in [5.74, 6) is 1.69. The molecule has 3 atom stereocenters. The molecular weight excluding hydrogens is 523 g/mol. The Labute approximate surface area is 221 Å². The van der Waals surface area contributed by atoms with Crippen LogP contribution >= 0.6 is 22.6 Å². The molecule has 0 saturated carbocycles. The van der Waals surface area contributed by atoms with Crippen LogP contribution < -0.4 is 0 Å². The second-order valence-electron chi connectivity index (χ2n) is 10.7. The van der Waals surface area contributed by atoms with Crippen molar-refractivity contribution in [3.05, 3.63) is 106 Å². The van der Waals surface area contributed by atoms with Crippen LogP contribution in [0.15, 0.2) is 94.7 Å². The number of rotatable bonds is 8. The topological polar surface area (TPSA) is 0 Å². The molecule has 0 amide bonds. The van der Waals surface area contributed by atoms with Gasteiger partial charge >= 0.3 is 0 Å². The Morgan fingerprint density at radius 3 is 2.62 bits per heavy atom. The van der Waals surface area contributed by atoms with E-state index in [0.29, 0.717) is 17.8 Å². The molecule has 0 bridgehead atoms. The molecule has 0 spiro atoms. The van der Waals surface area contributed by atoms with Gasteiger partial charge in [-0.15, -0.1) is 0 Å². The number of hydrogen-bond donors (Lipinski definition) is 0. The molecule has 0 nitrogen and oxygen atoms in total. The van der Waals surface area contributed by atoms with E-state index in [0.717, 1.165) is 19.3 Å². The fraction of sp³-hybridized carbons (Fsp3) is 0.455. The average Bonchev–Trinajstić information content (AvgIpc) is 2.83. The van der Waals surface area contributed by atoms with Crippen molar-refractivity contribution in [3.8, 4) is 0 Å². The molecule has 0 aromatic heterocycles. The van der Waals surface area contributed by atoms with Crippen molar-refractivity contribution in [2.75, 3.05) is 4.43 Å². The molecular formula is C33H41I. The van der Waals surface area contributed by atoms with Gasteiger partial charge in [-0.05, 0) is 92.6 Å². The standard InChI is InChI=1S/C33H41I/c1-23-9-7-13-30(19-23)31-20-25(3)33(26(4)21-31)32(22-29-12-6-5-10-24(29)2)28-16-14-27(15-17-28)11-8-18-34/h5-7,9,12-14,16,19,24,31-32H,3,8,10-11,15,17-18,20-22H2,1-2,4H3. The van der Waals surface area contributed by atoms with Crippen LogP contribution in [-0.2, 0) is 0 Å². The van der Waals surface area contributed by atoms with Gasteiger partial charge in [-0.1, -0.05) is 124 Å². The molecule has 1 heteroatoms. The largest absolute Gasteiger partial charge is 0.0955 e. The van der Waals surface area contributed by atoms with Gasteiger partial charge in [0.1, 0.15) is 0 Å². The first kappa shape index (κ1) is 25.5. The molecule has 0 radical (unpaired) electrons. The van der Waals surface area contributed by atoms with Crippen LogP contribution in [0, 0.1) is 18.8 Å². The van der Waals surface area contributed by atoms with Gasteiger partial charge in [-0.2, -0.15) is 0 Å². The smallest absolute Gasteiger partial charge is 0.00907 e. The van der Waals surface area contributed by atoms with E-state index in [2.05, 4.69) is 98.0 Å². The zero-order valence-electron chi connectivity index (χ0n) is 21.4. The van der Waals surface area contributed by atoms with Gasteiger partial charge in [-0.25, -0.2) is 0 Å². The third-order valence-electron chi connectivity index (χ3n) is 8.10. The van der Waals surface area contributed by atoms with Crippen LogP contribution in [0.4, 0.5) is 0 Å². The van der Waals surface area contributed by atoms with Crippen molar-refractivity contribution >= 4 is 22.6 Å². The number of allylic oxidation sites excluding steroid dienone is 11. The monoisotopic (exact) mass is 564 g/mol. The van der Waals surface area contributed by atoms with Crippen LogP contribution in [0.5, 0.6) is 0 Å². The minimum atomic E-state index is 0.480. The third-order valence-corrected chi connectivity index (χ3v) is 8.87. The Morgan fingerprint density at radius 2 is 1.94 bits per heavy atom. The Bertz CT molecular complexity index is 1060. The molecule has 0 heterocycles. The fourth-order valence-electron chi connectivity index (χ4n) is 6.17. The average molecular weight is 565 g/mol. The van der Waals surface area contributed by atoms with E-state index in [-0.39, 0.29) is 0 Å². The first-order chi connectivity index (χ1) is 16.5. The normalized spacial score (nSPS) is 24.0. The number of alkyl halides is 1. The zero-order valence-corrected chi connectivity index (χ0v) is 23.5. The summed E-state index contributed by atoms with van der Waals surface area (Å²) in [7, 11) is 0. The Morgan fingerprint density at radius 1 is 1.09 bits per heavy atom. The first-order valence-corrected chi connectivity index (χ1v) is 14.7. The van der Waals surface area contributed by atoms with Gasteiger partial charge in [0.05, 0.1) is 0 Å². The summed E-state index contributed by atoms with van der Waals surface area (Å²) in [5.41, 5.74) is 12.2. The van der Waals surface area contributed by atoms with Crippen molar-refractivity contribution in [3.63, 3.8) is 0 Å². The minimum absolute atomic E-state index is 0.480. The summed E-state index contributed by atoms with van der Waals surface area (Å²) < 4.78 is 1.25. The van der Waals surface area contributed by atoms with Crippen LogP contribution in [0.1, 0.15) is 82.3 Å². The van der Waals surface area contributed by atoms with Gasteiger partial charge in [0.2, 0.25) is 0 Å². The van der Waals surface area contributed by atoms with Crippen molar-refractivity contribution in [1.82, 2.24) is 0 Å². The predicted octanol–water partition coefficient (Wildman–Crippen LogP) is 10.1. The van der Waals surface area contributed by atoms with E-state index in [1.54, 1.807) is 27.9 Å². The van der Waals surface area contributed by atoms with E-state index >= 15 is 0 Å².